The van der Waals surface area contributed by atoms with Gasteiger partial charge in [-0.1, -0.05) is 26.0 Å². The predicted molar refractivity (Wildman–Crippen MR) is 169 cm³/mol. The Morgan fingerprint density at radius 3 is 2.57 bits per heavy atom. The van der Waals surface area contributed by atoms with Crippen LogP contribution in [0.25, 0.3) is 5.57 Å². The van der Waals surface area contributed by atoms with Gasteiger partial charge in [-0.05, 0) is 110 Å². The molecule has 0 aliphatic carbocycles. The number of allylic oxidation sites excluding steroid dienone is 3. The normalized spacial score (nSPS) is 17.8. The second-order valence-corrected chi connectivity index (χ2v) is 11.1. The number of halogens is 1. The van der Waals surface area contributed by atoms with Crippen molar-refractivity contribution in [1.82, 2.24) is 19.9 Å². The van der Waals surface area contributed by atoms with Crippen LogP contribution in [-0.2, 0) is 11.3 Å². The van der Waals surface area contributed by atoms with Crippen LogP contribution < -0.4 is 0 Å². The number of likely N-dealkylation sites (tertiary alicyclic amines) is 1. The van der Waals surface area contributed by atoms with Crippen LogP contribution in [0, 0.1) is 11.7 Å². The van der Waals surface area contributed by atoms with Gasteiger partial charge >= 0.3 is 0 Å². The van der Waals surface area contributed by atoms with Crippen molar-refractivity contribution in [2.45, 2.75) is 58.9 Å². The second kappa shape index (κ2) is 16.2. The third-order valence-corrected chi connectivity index (χ3v) is 7.79. The quantitative estimate of drug-likeness (QED) is 0.123. The van der Waals surface area contributed by atoms with E-state index in [0.29, 0.717) is 17.7 Å². The molecule has 4 rings (SSSR count). The first-order valence-electron chi connectivity index (χ1n) is 15.1. The van der Waals surface area contributed by atoms with Gasteiger partial charge in [0.15, 0.2) is 5.82 Å². The van der Waals surface area contributed by atoms with Gasteiger partial charge in [0, 0.05) is 63.6 Å². The largest absolute Gasteiger partial charge is 0.381 e. The van der Waals surface area contributed by atoms with Gasteiger partial charge in [-0.25, -0.2) is 14.4 Å². The van der Waals surface area contributed by atoms with Crippen LogP contribution in [0.3, 0.4) is 0 Å². The molecule has 0 bridgehead atoms. The van der Waals surface area contributed by atoms with Crippen molar-refractivity contribution >= 4 is 11.3 Å². The first-order valence-corrected chi connectivity index (χ1v) is 15.1. The molecule has 6 nitrogen and oxygen atoms in total. The van der Waals surface area contributed by atoms with Gasteiger partial charge in [-0.2, -0.15) is 0 Å². The fraction of sp³-hybridized carbons (Fsp3) is 0.429. The van der Waals surface area contributed by atoms with Gasteiger partial charge in [0.25, 0.3) is 0 Å². The maximum Gasteiger partial charge on any atom is 0.154 e. The molecule has 0 spiro atoms. The Balaban J connectivity index is 1.58. The highest BCUT2D eigenvalue weighted by Gasteiger charge is 2.24. The molecule has 42 heavy (non-hydrogen) atoms. The Labute approximate surface area is 250 Å². The summed E-state index contributed by atoms with van der Waals surface area (Å²) in [6, 6.07) is 12.6. The van der Waals surface area contributed by atoms with E-state index in [0.717, 1.165) is 75.4 Å². The number of hydrogen-bond donors (Lipinski definition) is 0. The van der Waals surface area contributed by atoms with Crippen molar-refractivity contribution in [1.29, 1.82) is 0 Å². The summed E-state index contributed by atoms with van der Waals surface area (Å²) in [5.41, 5.74) is 6.36. The highest BCUT2D eigenvalue weighted by molar-refractivity contribution is 6.09. The van der Waals surface area contributed by atoms with E-state index in [1.54, 1.807) is 31.6 Å². The molecule has 0 amide bonds. The molecule has 0 N–H and O–H groups in total. The van der Waals surface area contributed by atoms with Crippen LogP contribution in [0.15, 0.2) is 83.8 Å². The maximum absolute atomic E-state index is 13.7. The summed E-state index contributed by atoms with van der Waals surface area (Å²) in [5.74, 6) is 1.10. The summed E-state index contributed by atoms with van der Waals surface area (Å²) in [6.07, 6.45) is 14.0. The molecule has 7 heteroatoms. The molecule has 1 aromatic carbocycles. The van der Waals surface area contributed by atoms with Crippen molar-refractivity contribution in [2.75, 3.05) is 33.4 Å². The topological polar surface area (TPSA) is 63.5 Å². The van der Waals surface area contributed by atoms with E-state index >= 15 is 0 Å². The summed E-state index contributed by atoms with van der Waals surface area (Å²) in [7, 11) is 1.79. The molecule has 222 valence electrons. The average Bonchev–Trinajstić information content (AvgIpc) is 3.02. The zero-order valence-corrected chi connectivity index (χ0v) is 25.5. The summed E-state index contributed by atoms with van der Waals surface area (Å²) >= 11 is 0. The SMILES string of the molecule is CCCOCCC(C)c1ncccc1CN1CCCC(C(C=C(C)c2ncccn2)=CC(=NC)c2ccc(F)cc2)C1. The number of rotatable bonds is 13. The Kier molecular flexibility index (Phi) is 12.1. The Bertz CT molecular complexity index is 1350. The molecular formula is C35H44FN5O. The van der Waals surface area contributed by atoms with E-state index in [2.05, 4.69) is 58.8 Å². The zero-order valence-electron chi connectivity index (χ0n) is 25.5. The van der Waals surface area contributed by atoms with E-state index in [-0.39, 0.29) is 5.82 Å². The molecule has 1 fully saturated rings. The Morgan fingerprint density at radius 2 is 1.83 bits per heavy atom. The molecular weight excluding hydrogens is 525 g/mol. The number of aromatic nitrogens is 3. The van der Waals surface area contributed by atoms with E-state index in [1.807, 2.05) is 18.3 Å². The Hall–Kier alpha value is -3.55. The third-order valence-electron chi connectivity index (χ3n) is 7.79. The molecule has 0 saturated carbocycles. The van der Waals surface area contributed by atoms with Gasteiger partial charge in [0.05, 0.1) is 5.71 Å². The molecule has 2 unspecified atom stereocenters. The molecule has 3 heterocycles. The average molecular weight is 570 g/mol. The second-order valence-electron chi connectivity index (χ2n) is 11.1. The number of nitrogens with zero attached hydrogens (tertiary/aromatic N) is 5. The van der Waals surface area contributed by atoms with Crippen LogP contribution in [-0.4, -0.2) is 58.9 Å². The minimum atomic E-state index is -0.254. The molecule has 1 aliphatic rings. The van der Waals surface area contributed by atoms with Gasteiger partial charge in [-0.3, -0.25) is 14.9 Å². The monoisotopic (exact) mass is 569 g/mol. The molecule has 2 aromatic heterocycles. The lowest BCUT2D eigenvalue weighted by molar-refractivity contribution is 0.128. The van der Waals surface area contributed by atoms with Crippen LogP contribution >= 0.6 is 0 Å². The highest BCUT2D eigenvalue weighted by Crippen LogP contribution is 2.30. The maximum atomic E-state index is 13.7. The number of ether oxygens (including phenoxy) is 1. The number of pyridine rings is 1. The minimum Gasteiger partial charge on any atom is -0.381 e. The minimum absolute atomic E-state index is 0.254. The van der Waals surface area contributed by atoms with Crippen LogP contribution in [0.5, 0.6) is 0 Å². The number of hydrogen-bond acceptors (Lipinski definition) is 6. The van der Waals surface area contributed by atoms with Gasteiger partial charge in [-0.15, -0.1) is 0 Å². The summed E-state index contributed by atoms with van der Waals surface area (Å²) in [4.78, 5) is 20.9. The summed E-state index contributed by atoms with van der Waals surface area (Å²) < 4.78 is 19.4. The van der Waals surface area contributed by atoms with Crippen LogP contribution in [0.1, 0.15) is 75.0 Å². The van der Waals surface area contributed by atoms with Crippen molar-refractivity contribution < 1.29 is 9.13 Å². The number of aliphatic imine (C=N–C) groups is 1. The first-order chi connectivity index (χ1) is 20.5. The molecule has 2 atom stereocenters. The van der Waals surface area contributed by atoms with Crippen molar-refractivity contribution in [3.63, 3.8) is 0 Å². The lowest BCUT2D eigenvalue weighted by Gasteiger charge is -2.34. The van der Waals surface area contributed by atoms with Crippen molar-refractivity contribution in [3.05, 3.63) is 107 Å². The van der Waals surface area contributed by atoms with E-state index in [4.69, 9.17) is 9.72 Å². The number of benzene rings is 1. The van der Waals surface area contributed by atoms with Crippen LogP contribution in [0.2, 0.25) is 0 Å². The van der Waals surface area contributed by atoms with E-state index in [9.17, 15) is 4.39 Å². The highest BCUT2D eigenvalue weighted by atomic mass is 19.1. The Morgan fingerprint density at radius 1 is 1.07 bits per heavy atom. The third kappa shape index (κ3) is 8.97. The summed E-state index contributed by atoms with van der Waals surface area (Å²) in [6.45, 7) is 10.8. The standard InChI is InChI=1S/C35H44FN5O/c1-5-20-42-21-15-26(2)34-30(9-6-16-38-34)25-41-19-7-10-29(24-41)31(22-27(3)35-39-17-8-18-40-35)23-33(37-4)28-11-13-32(36)14-12-28/h6,8-9,11-14,16-18,22-23,26,29H,5,7,10,15,19-21,24-25H2,1-4H3. The zero-order chi connectivity index (χ0) is 29.7. The summed E-state index contributed by atoms with van der Waals surface area (Å²) in [5, 5.41) is 0. The van der Waals surface area contributed by atoms with Crippen LogP contribution in [0.4, 0.5) is 4.39 Å². The molecule has 0 radical (unpaired) electrons. The van der Waals surface area contributed by atoms with Gasteiger partial charge in [0.2, 0.25) is 0 Å². The lowest BCUT2D eigenvalue weighted by atomic mass is 9.87. The lowest BCUT2D eigenvalue weighted by Crippen LogP contribution is -2.36. The molecule has 1 aliphatic heterocycles. The first kappa shape index (κ1) is 31.4. The smallest absolute Gasteiger partial charge is 0.154 e. The number of piperidine rings is 1. The van der Waals surface area contributed by atoms with Crippen molar-refractivity contribution in [2.24, 2.45) is 10.9 Å². The fourth-order valence-electron chi connectivity index (χ4n) is 5.53. The van der Waals surface area contributed by atoms with E-state index < -0.39 is 0 Å². The van der Waals surface area contributed by atoms with Crippen molar-refractivity contribution in [3.8, 4) is 0 Å². The van der Waals surface area contributed by atoms with Gasteiger partial charge < -0.3 is 4.74 Å². The molecule has 1 saturated heterocycles. The molecule has 3 aromatic rings. The van der Waals surface area contributed by atoms with E-state index in [1.165, 1.54) is 29.0 Å². The fourth-order valence-corrected chi connectivity index (χ4v) is 5.53. The van der Waals surface area contributed by atoms with Gasteiger partial charge in [0.1, 0.15) is 5.82 Å². The predicted octanol–water partition coefficient (Wildman–Crippen LogP) is 7.29.